The summed E-state index contributed by atoms with van der Waals surface area (Å²) in [5.74, 6) is -0.383. The van der Waals surface area contributed by atoms with E-state index in [1.807, 2.05) is 51.1 Å². The number of cyclic esters (lactones) is 1. The van der Waals surface area contributed by atoms with Gasteiger partial charge in [0, 0.05) is 5.41 Å². The molecule has 0 spiro atoms. The molecule has 0 radical (unpaired) electrons. The van der Waals surface area contributed by atoms with E-state index in [0.717, 1.165) is 5.56 Å². The SMILES string of the molecule is C=C(C)[C@@]1(c2ccccc2)O[C@H](C(C)(C)C)OC1=O. The molecule has 3 heteroatoms. The monoisotopic (exact) mass is 260 g/mol. The van der Waals surface area contributed by atoms with Crippen molar-refractivity contribution in [2.75, 3.05) is 0 Å². The van der Waals surface area contributed by atoms with Crippen molar-refractivity contribution in [2.24, 2.45) is 5.41 Å². The fourth-order valence-electron chi connectivity index (χ4n) is 2.15. The van der Waals surface area contributed by atoms with E-state index < -0.39 is 11.9 Å². The minimum atomic E-state index is -1.18. The van der Waals surface area contributed by atoms with Gasteiger partial charge in [-0.1, -0.05) is 57.7 Å². The lowest BCUT2D eigenvalue weighted by Crippen LogP contribution is -2.35. The molecule has 102 valence electrons. The van der Waals surface area contributed by atoms with Gasteiger partial charge in [-0.25, -0.2) is 4.79 Å². The quantitative estimate of drug-likeness (QED) is 0.604. The summed E-state index contributed by atoms with van der Waals surface area (Å²) in [6.45, 7) is 11.6. The van der Waals surface area contributed by atoms with Crippen LogP contribution in [0.2, 0.25) is 0 Å². The summed E-state index contributed by atoms with van der Waals surface area (Å²) in [5.41, 5.74) is -0.0596. The second-order valence-electron chi connectivity index (χ2n) is 6.05. The Hall–Kier alpha value is -1.61. The molecule has 1 saturated heterocycles. The van der Waals surface area contributed by atoms with Crippen molar-refractivity contribution in [2.45, 2.75) is 39.6 Å². The average Bonchev–Trinajstić information content (AvgIpc) is 2.69. The Morgan fingerprint density at radius 1 is 1.26 bits per heavy atom. The maximum absolute atomic E-state index is 12.4. The molecule has 3 nitrogen and oxygen atoms in total. The van der Waals surface area contributed by atoms with Crippen LogP contribution in [0.15, 0.2) is 42.5 Å². The second kappa shape index (κ2) is 4.49. The molecule has 1 aromatic rings. The topological polar surface area (TPSA) is 35.5 Å². The molecule has 0 aliphatic carbocycles. The fourth-order valence-corrected chi connectivity index (χ4v) is 2.15. The molecule has 0 aromatic heterocycles. The van der Waals surface area contributed by atoms with Crippen LogP contribution in [0, 0.1) is 5.41 Å². The standard InChI is InChI=1S/C16H20O3/c1-11(2)16(12-9-7-6-8-10-12)13(17)18-14(19-16)15(3,4)5/h6-10,14H,1H2,2-5H3/t14-,16+/m1/s1. The van der Waals surface area contributed by atoms with Crippen LogP contribution in [-0.2, 0) is 19.9 Å². The third kappa shape index (κ3) is 2.19. The van der Waals surface area contributed by atoms with Crippen molar-refractivity contribution < 1.29 is 14.3 Å². The molecular weight excluding hydrogens is 240 g/mol. The summed E-state index contributed by atoms with van der Waals surface area (Å²) in [6, 6.07) is 9.38. The van der Waals surface area contributed by atoms with E-state index in [-0.39, 0.29) is 11.4 Å². The first-order valence-electron chi connectivity index (χ1n) is 6.39. The Morgan fingerprint density at radius 3 is 2.26 bits per heavy atom. The van der Waals surface area contributed by atoms with Crippen molar-refractivity contribution in [1.82, 2.24) is 0 Å². The zero-order valence-corrected chi connectivity index (χ0v) is 11.9. The summed E-state index contributed by atoms with van der Waals surface area (Å²) in [5, 5.41) is 0. The Labute approximate surface area is 114 Å². The van der Waals surface area contributed by atoms with E-state index in [4.69, 9.17) is 9.47 Å². The molecule has 0 unspecified atom stereocenters. The minimum absolute atomic E-state index is 0.276. The summed E-state index contributed by atoms with van der Waals surface area (Å²) >= 11 is 0. The Bertz CT molecular complexity index is 498. The lowest BCUT2D eigenvalue weighted by atomic mass is 9.87. The van der Waals surface area contributed by atoms with Crippen LogP contribution in [0.4, 0.5) is 0 Å². The summed E-state index contributed by atoms with van der Waals surface area (Å²) < 4.78 is 11.4. The molecule has 0 amide bonds. The number of ether oxygens (including phenoxy) is 2. The minimum Gasteiger partial charge on any atom is -0.432 e. The summed E-state index contributed by atoms with van der Waals surface area (Å²) in [6.07, 6.45) is -0.572. The molecule has 2 rings (SSSR count). The highest BCUT2D eigenvalue weighted by Crippen LogP contribution is 2.44. The lowest BCUT2D eigenvalue weighted by Gasteiger charge is -2.29. The molecule has 0 N–H and O–H groups in total. The van der Waals surface area contributed by atoms with Gasteiger partial charge < -0.3 is 9.47 Å². The zero-order valence-electron chi connectivity index (χ0n) is 11.9. The van der Waals surface area contributed by atoms with Gasteiger partial charge in [-0.15, -0.1) is 0 Å². The first-order valence-corrected chi connectivity index (χ1v) is 6.39. The number of hydrogen-bond donors (Lipinski definition) is 0. The summed E-state index contributed by atoms with van der Waals surface area (Å²) in [7, 11) is 0. The van der Waals surface area contributed by atoms with Crippen LogP contribution in [0.3, 0.4) is 0 Å². The molecule has 1 aliphatic rings. The van der Waals surface area contributed by atoms with Crippen LogP contribution in [0.25, 0.3) is 0 Å². The molecule has 2 atom stereocenters. The molecule has 1 heterocycles. The molecule has 0 saturated carbocycles. The fraction of sp³-hybridized carbons (Fsp3) is 0.438. The smallest absolute Gasteiger partial charge is 0.349 e. The van der Waals surface area contributed by atoms with Gasteiger partial charge in [0.2, 0.25) is 11.9 Å². The van der Waals surface area contributed by atoms with E-state index in [1.54, 1.807) is 6.92 Å². The predicted molar refractivity (Wildman–Crippen MR) is 73.4 cm³/mol. The number of hydrogen-bond acceptors (Lipinski definition) is 3. The Balaban J connectivity index is 2.49. The molecule has 1 fully saturated rings. The molecular formula is C16H20O3. The maximum Gasteiger partial charge on any atom is 0.349 e. The van der Waals surface area contributed by atoms with Crippen LogP contribution in [-0.4, -0.2) is 12.3 Å². The number of carbonyl (C=O) groups is 1. The van der Waals surface area contributed by atoms with E-state index in [2.05, 4.69) is 6.58 Å². The second-order valence-corrected chi connectivity index (χ2v) is 6.05. The van der Waals surface area contributed by atoms with Gasteiger partial charge in [-0.2, -0.15) is 0 Å². The van der Waals surface area contributed by atoms with Crippen LogP contribution >= 0.6 is 0 Å². The van der Waals surface area contributed by atoms with Gasteiger partial charge in [-0.3, -0.25) is 0 Å². The average molecular weight is 260 g/mol. The largest absolute Gasteiger partial charge is 0.432 e. The number of carbonyl (C=O) groups excluding carboxylic acids is 1. The highest BCUT2D eigenvalue weighted by atomic mass is 16.8. The van der Waals surface area contributed by atoms with Crippen LogP contribution in [0.5, 0.6) is 0 Å². The summed E-state index contributed by atoms with van der Waals surface area (Å²) in [4.78, 5) is 12.4. The molecule has 19 heavy (non-hydrogen) atoms. The molecule has 0 bridgehead atoms. The van der Waals surface area contributed by atoms with Crippen molar-refractivity contribution in [1.29, 1.82) is 0 Å². The Kier molecular flexibility index (Phi) is 3.27. The lowest BCUT2D eigenvalue weighted by molar-refractivity contribution is -0.155. The van der Waals surface area contributed by atoms with Crippen LogP contribution in [0.1, 0.15) is 33.3 Å². The third-order valence-electron chi connectivity index (χ3n) is 3.27. The first-order chi connectivity index (χ1) is 8.78. The van der Waals surface area contributed by atoms with Crippen molar-refractivity contribution in [3.63, 3.8) is 0 Å². The van der Waals surface area contributed by atoms with Gasteiger partial charge in [0.15, 0.2) is 0 Å². The van der Waals surface area contributed by atoms with Crippen molar-refractivity contribution in [3.05, 3.63) is 48.0 Å². The van der Waals surface area contributed by atoms with Crippen LogP contribution < -0.4 is 0 Å². The van der Waals surface area contributed by atoms with Gasteiger partial charge >= 0.3 is 5.97 Å². The normalized spacial score (nSPS) is 27.2. The number of esters is 1. The Morgan fingerprint density at radius 2 is 1.84 bits per heavy atom. The van der Waals surface area contributed by atoms with Gasteiger partial charge in [-0.05, 0) is 18.1 Å². The predicted octanol–water partition coefficient (Wildman–Crippen LogP) is 3.40. The van der Waals surface area contributed by atoms with Gasteiger partial charge in [0.05, 0.1) is 0 Å². The van der Waals surface area contributed by atoms with E-state index >= 15 is 0 Å². The van der Waals surface area contributed by atoms with E-state index in [1.165, 1.54) is 0 Å². The maximum atomic E-state index is 12.4. The van der Waals surface area contributed by atoms with E-state index in [0.29, 0.717) is 5.57 Å². The molecule has 1 aliphatic heterocycles. The van der Waals surface area contributed by atoms with Gasteiger partial charge in [0.1, 0.15) is 0 Å². The number of benzene rings is 1. The van der Waals surface area contributed by atoms with E-state index in [9.17, 15) is 4.79 Å². The highest BCUT2D eigenvalue weighted by molar-refractivity contribution is 5.86. The first kappa shape index (κ1) is 13.8. The van der Waals surface area contributed by atoms with Crippen molar-refractivity contribution in [3.8, 4) is 0 Å². The highest BCUT2D eigenvalue weighted by Gasteiger charge is 2.55. The zero-order chi connectivity index (χ0) is 14.3. The number of rotatable bonds is 2. The van der Waals surface area contributed by atoms with Crippen molar-refractivity contribution >= 4 is 5.97 Å². The molecule has 1 aromatic carbocycles. The van der Waals surface area contributed by atoms with Gasteiger partial charge in [0.25, 0.3) is 0 Å². The third-order valence-corrected chi connectivity index (χ3v) is 3.27.